The van der Waals surface area contributed by atoms with E-state index in [-0.39, 0.29) is 17.7 Å². The number of imide groups is 1. The molecule has 1 aromatic carbocycles. The fraction of sp³-hybridized carbons (Fsp3) is 0.609. The van der Waals surface area contributed by atoms with Gasteiger partial charge in [0.15, 0.2) is 0 Å². The molecule has 0 radical (unpaired) electrons. The van der Waals surface area contributed by atoms with Crippen LogP contribution in [0.5, 0.6) is 0 Å². The maximum Gasteiger partial charge on any atom is 0.237 e. The molecule has 5 nitrogen and oxygen atoms in total. The van der Waals surface area contributed by atoms with E-state index >= 15 is 0 Å². The van der Waals surface area contributed by atoms with Crippen molar-refractivity contribution in [1.82, 2.24) is 5.32 Å². The van der Waals surface area contributed by atoms with Gasteiger partial charge in [0.2, 0.25) is 17.7 Å². The maximum absolute atomic E-state index is 12.5. The van der Waals surface area contributed by atoms with Gasteiger partial charge in [-0.1, -0.05) is 51.2 Å². The fourth-order valence-electron chi connectivity index (χ4n) is 4.69. The van der Waals surface area contributed by atoms with Crippen molar-refractivity contribution in [1.29, 1.82) is 0 Å². The first kappa shape index (κ1) is 20.6. The van der Waals surface area contributed by atoms with Gasteiger partial charge in [0.25, 0.3) is 0 Å². The minimum absolute atomic E-state index is 0.0507. The lowest BCUT2D eigenvalue weighted by molar-refractivity contribution is -0.138. The van der Waals surface area contributed by atoms with Crippen LogP contribution in [0.3, 0.4) is 0 Å². The SMILES string of the molecule is CCC1(c2ccc(NC(=O)CCCC3CCCCC3)cc2)CCC(=O)NC1=O. The van der Waals surface area contributed by atoms with E-state index in [4.69, 9.17) is 0 Å². The molecule has 0 spiro atoms. The Morgan fingerprint density at radius 2 is 1.86 bits per heavy atom. The maximum atomic E-state index is 12.5. The van der Waals surface area contributed by atoms with Crippen molar-refractivity contribution in [3.05, 3.63) is 29.8 Å². The molecule has 1 aliphatic heterocycles. The van der Waals surface area contributed by atoms with E-state index in [1.165, 1.54) is 32.1 Å². The van der Waals surface area contributed by atoms with E-state index in [0.717, 1.165) is 30.0 Å². The third-order valence-electron chi connectivity index (χ3n) is 6.53. The molecule has 1 saturated carbocycles. The number of anilines is 1. The lowest BCUT2D eigenvalue weighted by Crippen LogP contribution is -2.51. The van der Waals surface area contributed by atoms with Crippen molar-refractivity contribution < 1.29 is 14.4 Å². The first-order chi connectivity index (χ1) is 13.5. The van der Waals surface area contributed by atoms with Crippen LogP contribution in [-0.2, 0) is 19.8 Å². The van der Waals surface area contributed by atoms with E-state index in [9.17, 15) is 14.4 Å². The lowest BCUT2D eigenvalue weighted by Gasteiger charge is -2.35. The number of rotatable bonds is 7. The van der Waals surface area contributed by atoms with Crippen LogP contribution in [0.15, 0.2) is 24.3 Å². The zero-order valence-corrected chi connectivity index (χ0v) is 16.9. The van der Waals surface area contributed by atoms with Crippen molar-refractivity contribution in [2.75, 3.05) is 5.32 Å². The van der Waals surface area contributed by atoms with Crippen molar-refractivity contribution in [3.63, 3.8) is 0 Å². The molecule has 152 valence electrons. The quantitative estimate of drug-likeness (QED) is 0.682. The van der Waals surface area contributed by atoms with Gasteiger partial charge in [0.05, 0.1) is 5.41 Å². The van der Waals surface area contributed by atoms with Crippen LogP contribution in [0, 0.1) is 5.92 Å². The largest absolute Gasteiger partial charge is 0.326 e. The topological polar surface area (TPSA) is 75.3 Å². The summed E-state index contributed by atoms with van der Waals surface area (Å²) >= 11 is 0. The molecule has 3 rings (SSSR count). The Bertz CT molecular complexity index is 707. The van der Waals surface area contributed by atoms with Crippen LogP contribution in [0.2, 0.25) is 0 Å². The third kappa shape index (κ3) is 4.81. The summed E-state index contributed by atoms with van der Waals surface area (Å²) in [6, 6.07) is 7.51. The van der Waals surface area contributed by atoms with Crippen molar-refractivity contribution in [3.8, 4) is 0 Å². The van der Waals surface area contributed by atoms with Gasteiger partial charge in [0, 0.05) is 18.5 Å². The Labute approximate surface area is 167 Å². The molecular formula is C23H32N2O3. The molecule has 5 heteroatoms. The Hall–Kier alpha value is -2.17. The van der Waals surface area contributed by atoms with Gasteiger partial charge < -0.3 is 5.32 Å². The minimum Gasteiger partial charge on any atom is -0.326 e. The number of benzene rings is 1. The van der Waals surface area contributed by atoms with Crippen LogP contribution in [0.1, 0.15) is 83.1 Å². The van der Waals surface area contributed by atoms with Crippen LogP contribution in [0.25, 0.3) is 0 Å². The normalized spacial score (nSPS) is 23.3. The zero-order valence-electron chi connectivity index (χ0n) is 16.9. The number of carbonyl (C=O) groups excluding carboxylic acids is 3. The highest BCUT2D eigenvalue weighted by molar-refractivity contribution is 6.03. The summed E-state index contributed by atoms with van der Waals surface area (Å²) in [6.07, 6.45) is 10.9. The van der Waals surface area contributed by atoms with Gasteiger partial charge in [-0.3, -0.25) is 19.7 Å². The molecule has 28 heavy (non-hydrogen) atoms. The van der Waals surface area contributed by atoms with E-state index < -0.39 is 5.41 Å². The molecule has 1 aliphatic carbocycles. The first-order valence-electron chi connectivity index (χ1n) is 10.8. The summed E-state index contributed by atoms with van der Waals surface area (Å²) in [7, 11) is 0. The predicted octanol–water partition coefficient (Wildman–Crippen LogP) is 4.46. The number of hydrogen-bond donors (Lipinski definition) is 2. The summed E-state index contributed by atoms with van der Waals surface area (Å²) in [5.74, 6) is 0.436. The van der Waals surface area contributed by atoms with Crippen LogP contribution < -0.4 is 10.6 Å². The summed E-state index contributed by atoms with van der Waals surface area (Å²) in [4.78, 5) is 36.2. The Balaban J connectivity index is 1.52. The lowest BCUT2D eigenvalue weighted by atomic mass is 9.72. The molecule has 1 unspecified atom stereocenters. The molecule has 3 amide bonds. The summed E-state index contributed by atoms with van der Waals surface area (Å²) in [6.45, 7) is 1.97. The standard InChI is InChI=1S/C23H32N2O3/c1-2-23(16-15-21(27)25-22(23)28)18-11-13-19(14-12-18)24-20(26)10-6-9-17-7-4-3-5-8-17/h11-14,17H,2-10,15-16H2,1H3,(H,24,26)(H,25,27,28). The summed E-state index contributed by atoms with van der Waals surface area (Å²) in [5, 5.41) is 5.43. The van der Waals surface area contributed by atoms with Crippen molar-refractivity contribution >= 4 is 23.4 Å². The van der Waals surface area contributed by atoms with Gasteiger partial charge in [-0.05, 0) is 49.3 Å². The average molecular weight is 385 g/mol. The third-order valence-corrected chi connectivity index (χ3v) is 6.53. The van der Waals surface area contributed by atoms with Gasteiger partial charge in [-0.2, -0.15) is 0 Å². The van der Waals surface area contributed by atoms with E-state index in [0.29, 0.717) is 25.7 Å². The van der Waals surface area contributed by atoms with Gasteiger partial charge in [0.1, 0.15) is 0 Å². The first-order valence-corrected chi connectivity index (χ1v) is 10.8. The van der Waals surface area contributed by atoms with E-state index in [1.54, 1.807) is 0 Å². The number of nitrogens with one attached hydrogen (secondary N) is 2. The smallest absolute Gasteiger partial charge is 0.237 e. The van der Waals surface area contributed by atoms with E-state index in [2.05, 4.69) is 10.6 Å². The van der Waals surface area contributed by atoms with Crippen LogP contribution in [-0.4, -0.2) is 17.7 Å². The van der Waals surface area contributed by atoms with Crippen LogP contribution >= 0.6 is 0 Å². The van der Waals surface area contributed by atoms with Crippen molar-refractivity contribution in [2.45, 2.75) is 83.0 Å². The molecule has 0 aromatic heterocycles. The Morgan fingerprint density at radius 3 is 2.50 bits per heavy atom. The highest BCUT2D eigenvalue weighted by Crippen LogP contribution is 2.36. The molecule has 2 N–H and O–H groups in total. The zero-order chi connectivity index (χ0) is 20.0. The second kappa shape index (κ2) is 9.35. The fourth-order valence-corrected chi connectivity index (χ4v) is 4.69. The number of piperidine rings is 1. The Kier molecular flexibility index (Phi) is 6.87. The molecule has 2 aliphatic rings. The molecular weight excluding hydrogens is 352 g/mol. The van der Waals surface area contributed by atoms with Gasteiger partial charge >= 0.3 is 0 Å². The van der Waals surface area contributed by atoms with Gasteiger partial charge in [-0.25, -0.2) is 0 Å². The molecule has 1 heterocycles. The molecule has 0 bridgehead atoms. The second-order valence-electron chi connectivity index (χ2n) is 8.33. The number of amides is 3. The highest BCUT2D eigenvalue weighted by Gasteiger charge is 2.42. The number of hydrogen-bond acceptors (Lipinski definition) is 3. The van der Waals surface area contributed by atoms with E-state index in [1.807, 2.05) is 31.2 Å². The second-order valence-corrected chi connectivity index (χ2v) is 8.33. The van der Waals surface area contributed by atoms with Crippen LogP contribution in [0.4, 0.5) is 5.69 Å². The molecule has 1 aromatic rings. The Morgan fingerprint density at radius 1 is 1.14 bits per heavy atom. The number of carbonyl (C=O) groups is 3. The predicted molar refractivity (Wildman–Crippen MR) is 110 cm³/mol. The minimum atomic E-state index is -0.656. The van der Waals surface area contributed by atoms with Crippen molar-refractivity contribution in [2.24, 2.45) is 5.92 Å². The highest BCUT2D eigenvalue weighted by atomic mass is 16.2. The van der Waals surface area contributed by atoms with Gasteiger partial charge in [-0.15, -0.1) is 0 Å². The molecule has 2 fully saturated rings. The summed E-state index contributed by atoms with van der Waals surface area (Å²) in [5.41, 5.74) is 0.997. The average Bonchev–Trinajstić information content (AvgIpc) is 2.70. The molecule has 1 saturated heterocycles. The monoisotopic (exact) mass is 384 g/mol. The summed E-state index contributed by atoms with van der Waals surface area (Å²) < 4.78 is 0. The molecule has 1 atom stereocenters.